The molecule has 1 unspecified atom stereocenters. The lowest BCUT2D eigenvalue weighted by atomic mass is 9.94. The maximum absolute atomic E-state index is 12.2. The number of hydrogen-bond donors (Lipinski definition) is 2. The number of carbonyl (C=O) groups excluding carboxylic acids is 1. The van der Waals surface area contributed by atoms with Crippen molar-refractivity contribution in [2.45, 2.75) is 26.7 Å². The van der Waals surface area contributed by atoms with Gasteiger partial charge in [0.15, 0.2) is 0 Å². The maximum Gasteiger partial charge on any atom is 0.224 e. The number of anilines is 1. The van der Waals surface area contributed by atoms with E-state index < -0.39 is 0 Å². The van der Waals surface area contributed by atoms with Crippen LogP contribution in [0.15, 0.2) is 36.7 Å². The van der Waals surface area contributed by atoms with Crippen molar-refractivity contribution in [2.24, 2.45) is 17.6 Å². The minimum Gasteiger partial charge on any atom is -0.330 e. The summed E-state index contributed by atoms with van der Waals surface area (Å²) in [4.78, 5) is 16.3. The van der Waals surface area contributed by atoms with Gasteiger partial charge in [-0.05, 0) is 42.3 Å². The van der Waals surface area contributed by atoms with Gasteiger partial charge >= 0.3 is 0 Å². The normalized spacial score (nSPS) is 12.6. The van der Waals surface area contributed by atoms with Crippen LogP contribution < -0.4 is 11.1 Å². The Kier molecular flexibility index (Phi) is 5.28. The van der Waals surface area contributed by atoms with Gasteiger partial charge in [0.1, 0.15) is 0 Å². The second-order valence-corrected chi connectivity index (χ2v) is 5.89. The van der Waals surface area contributed by atoms with E-state index in [0.717, 1.165) is 22.9 Å². The summed E-state index contributed by atoms with van der Waals surface area (Å²) in [5, 5.41) is 5.02. The van der Waals surface area contributed by atoms with Crippen molar-refractivity contribution in [3.63, 3.8) is 0 Å². The molecule has 0 aliphatic carbocycles. The van der Waals surface area contributed by atoms with E-state index in [-0.39, 0.29) is 11.8 Å². The Morgan fingerprint density at radius 1 is 1.33 bits per heavy atom. The highest BCUT2D eigenvalue weighted by Gasteiger charge is 2.14. The van der Waals surface area contributed by atoms with Crippen LogP contribution in [0.25, 0.3) is 10.8 Å². The second-order valence-electron chi connectivity index (χ2n) is 5.89. The van der Waals surface area contributed by atoms with Crippen LogP contribution in [0, 0.1) is 11.8 Å². The second kappa shape index (κ2) is 7.18. The van der Waals surface area contributed by atoms with E-state index in [4.69, 9.17) is 5.73 Å². The van der Waals surface area contributed by atoms with Crippen LogP contribution in [-0.4, -0.2) is 17.4 Å². The van der Waals surface area contributed by atoms with Crippen molar-refractivity contribution in [1.29, 1.82) is 0 Å². The van der Waals surface area contributed by atoms with E-state index >= 15 is 0 Å². The first-order chi connectivity index (χ1) is 10.1. The molecule has 0 bridgehead atoms. The van der Waals surface area contributed by atoms with E-state index in [0.29, 0.717) is 18.9 Å². The Morgan fingerprint density at radius 2 is 2.14 bits per heavy atom. The van der Waals surface area contributed by atoms with Crippen molar-refractivity contribution in [1.82, 2.24) is 4.98 Å². The number of carbonyl (C=O) groups is 1. The molecule has 4 heteroatoms. The standard InChI is InChI=1S/C17H23N3O/c1-12(2)8-13(10-18)9-17(21)20-16-5-3-4-14-6-7-19-11-15(14)16/h3-7,11-13H,8-10,18H2,1-2H3,(H,20,21). The van der Waals surface area contributed by atoms with Crippen molar-refractivity contribution >= 4 is 22.4 Å². The van der Waals surface area contributed by atoms with Gasteiger partial charge in [-0.15, -0.1) is 0 Å². The molecular formula is C17H23N3O. The summed E-state index contributed by atoms with van der Waals surface area (Å²) >= 11 is 0. The molecule has 0 fully saturated rings. The topological polar surface area (TPSA) is 68.0 Å². The molecule has 0 aliphatic heterocycles. The van der Waals surface area contributed by atoms with Gasteiger partial charge in [0, 0.05) is 24.2 Å². The van der Waals surface area contributed by atoms with Gasteiger partial charge < -0.3 is 11.1 Å². The molecule has 0 radical (unpaired) electrons. The Morgan fingerprint density at radius 3 is 2.86 bits per heavy atom. The van der Waals surface area contributed by atoms with Crippen molar-refractivity contribution in [3.05, 3.63) is 36.7 Å². The van der Waals surface area contributed by atoms with Crippen LogP contribution in [0.4, 0.5) is 5.69 Å². The smallest absolute Gasteiger partial charge is 0.224 e. The molecule has 1 atom stereocenters. The van der Waals surface area contributed by atoms with E-state index in [1.165, 1.54) is 0 Å². The Hall–Kier alpha value is -1.94. The molecule has 0 aliphatic rings. The SMILES string of the molecule is CC(C)CC(CN)CC(=O)Nc1cccc2ccncc12. The Labute approximate surface area is 125 Å². The molecule has 2 rings (SSSR count). The number of nitrogens with zero attached hydrogens (tertiary/aromatic N) is 1. The number of pyridine rings is 1. The van der Waals surface area contributed by atoms with Gasteiger partial charge in [-0.25, -0.2) is 0 Å². The first-order valence-corrected chi connectivity index (χ1v) is 7.42. The summed E-state index contributed by atoms with van der Waals surface area (Å²) < 4.78 is 0. The first-order valence-electron chi connectivity index (χ1n) is 7.42. The molecule has 0 saturated carbocycles. The Bertz CT molecular complexity index is 605. The highest BCUT2D eigenvalue weighted by Crippen LogP contribution is 2.23. The fourth-order valence-corrected chi connectivity index (χ4v) is 2.62. The average Bonchev–Trinajstić information content (AvgIpc) is 2.46. The van der Waals surface area contributed by atoms with E-state index in [2.05, 4.69) is 24.1 Å². The lowest BCUT2D eigenvalue weighted by Gasteiger charge is -2.17. The van der Waals surface area contributed by atoms with Crippen LogP contribution >= 0.6 is 0 Å². The van der Waals surface area contributed by atoms with Crippen LogP contribution in [0.1, 0.15) is 26.7 Å². The first kappa shape index (κ1) is 15.4. The highest BCUT2D eigenvalue weighted by atomic mass is 16.1. The minimum atomic E-state index is 0.0162. The zero-order chi connectivity index (χ0) is 15.2. The van der Waals surface area contributed by atoms with Crippen LogP contribution in [0.2, 0.25) is 0 Å². The number of benzene rings is 1. The number of nitrogens with one attached hydrogen (secondary N) is 1. The fraction of sp³-hybridized carbons (Fsp3) is 0.412. The summed E-state index contributed by atoms with van der Waals surface area (Å²) in [5.74, 6) is 0.800. The molecule has 21 heavy (non-hydrogen) atoms. The average molecular weight is 285 g/mol. The van der Waals surface area contributed by atoms with Crippen LogP contribution in [0.3, 0.4) is 0 Å². The van der Waals surface area contributed by atoms with Gasteiger partial charge in [0.25, 0.3) is 0 Å². The molecule has 1 amide bonds. The lowest BCUT2D eigenvalue weighted by Crippen LogP contribution is -2.23. The number of aromatic nitrogens is 1. The summed E-state index contributed by atoms with van der Waals surface area (Å²) in [7, 11) is 0. The van der Waals surface area contributed by atoms with Gasteiger partial charge in [-0.2, -0.15) is 0 Å². The van der Waals surface area contributed by atoms with Gasteiger partial charge in [-0.1, -0.05) is 26.0 Å². The molecule has 2 aromatic rings. The van der Waals surface area contributed by atoms with Crippen LogP contribution in [-0.2, 0) is 4.79 Å². The number of fused-ring (bicyclic) bond motifs is 1. The minimum absolute atomic E-state index is 0.0162. The van der Waals surface area contributed by atoms with Gasteiger partial charge in [0.2, 0.25) is 5.91 Å². The molecule has 0 spiro atoms. The monoisotopic (exact) mass is 285 g/mol. The molecule has 112 valence electrons. The zero-order valence-electron chi connectivity index (χ0n) is 12.7. The molecular weight excluding hydrogens is 262 g/mol. The van der Waals surface area contributed by atoms with Gasteiger partial charge in [-0.3, -0.25) is 9.78 Å². The third-order valence-electron chi connectivity index (χ3n) is 3.57. The van der Waals surface area contributed by atoms with E-state index in [1.807, 2.05) is 24.3 Å². The predicted octanol–water partition coefficient (Wildman–Crippen LogP) is 3.18. The van der Waals surface area contributed by atoms with E-state index in [9.17, 15) is 4.79 Å². The largest absolute Gasteiger partial charge is 0.330 e. The van der Waals surface area contributed by atoms with Crippen molar-refractivity contribution in [3.8, 4) is 0 Å². The molecule has 1 aromatic heterocycles. The van der Waals surface area contributed by atoms with E-state index in [1.54, 1.807) is 12.4 Å². The predicted molar refractivity (Wildman–Crippen MR) is 87.0 cm³/mol. The quantitative estimate of drug-likeness (QED) is 0.856. The summed E-state index contributed by atoms with van der Waals surface area (Å²) in [6.07, 6.45) is 4.97. The summed E-state index contributed by atoms with van der Waals surface area (Å²) in [6.45, 7) is 4.84. The highest BCUT2D eigenvalue weighted by molar-refractivity contribution is 6.01. The van der Waals surface area contributed by atoms with Gasteiger partial charge in [0.05, 0.1) is 5.69 Å². The molecule has 4 nitrogen and oxygen atoms in total. The molecule has 1 aromatic carbocycles. The van der Waals surface area contributed by atoms with Crippen molar-refractivity contribution in [2.75, 3.05) is 11.9 Å². The Balaban J connectivity index is 2.07. The third kappa shape index (κ3) is 4.26. The number of nitrogens with two attached hydrogens (primary N) is 1. The fourth-order valence-electron chi connectivity index (χ4n) is 2.62. The van der Waals surface area contributed by atoms with Crippen molar-refractivity contribution < 1.29 is 4.79 Å². The third-order valence-corrected chi connectivity index (χ3v) is 3.57. The molecule has 1 heterocycles. The zero-order valence-corrected chi connectivity index (χ0v) is 12.7. The summed E-state index contributed by atoms with van der Waals surface area (Å²) in [5.41, 5.74) is 6.57. The lowest BCUT2D eigenvalue weighted by molar-refractivity contribution is -0.117. The number of amides is 1. The molecule has 3 N–H and O–H groups in total. The maximum atomic E-state index is 12.2. The number of rotatable bonds is 6. The number of hydrogen-bond acceptors (Lipinski definition) is 3. The summed E-state index contributed by atoms with van der Waals surface area (Å²) in [6, 6.07) is 7.79. The molecule has 0 saturated heterocycles. The van der Waals surface area contributed by atoms with Crippen LogP contribution in [0.5, 0.6) is 0 Å².